The average Bonchev–Trinajstić information content (AvgIpc) is 3.30. The number of rotatable bonds is 4. The molecule has 1 aliphatic heterocycles. The number of aromatic nitrogens is 2. The molecule has 0 spiro atoms. The predicted molar refractivity (Wildman–Crippen MR) is 100 cm³/mol. The van der Waals surface area contributed by atoms with Crippen LogP contribution in [0.15, 0.2) is 34.9 Å². The number of likely N-dealkylation sites (tertiary alicyclic amines) is 1. The van der Waals surface area contributed by atoms with Crippen molar-refractivity contribution < 1.29 is 9.15 Å². The second-order valence-electron chi connectivity index (χ2n) is 7.47. The maximum absolute atomic E-state index is 6.31. The highest BCUT2D eigenvalue weighted by atomic mass is 16.5. The number of hydrogen-bond donors (Lipinski definition) is 1. The van der Waals surface area contributed by atoms with Gasteiger partial charge in [-0.3, -0.25) is 4.90 Å². The van der Waals surface area contributed by atoms with E-state index in [1.54, 1.807) is 0 Å². The van der Waals surface area contributed by atoms with Crippen LogP contribution in [-0.4, -0.2) is 34.1 Å². The van der Waals surface area contributed by atoms with E-state index in [0.29, 0.717) is 0 Å². The molecule has 0 radical (unpaired) electrons. The smallest absolute Gasteiger partial charge is 0.208 e. The lowest BCUT2D eigenvalue weighted by Crippen LogP contribution is -2.37. The minimum Gasteiger partial charge on any atom is -0.490 e. The summed E-state index contributed by atoms with van der Waals surface area (Å²) >= 11 is 0. The summed E-state index contributed by atoms with van der Waals surface area (Å²) in [5.74, 6) is 3.01. The molecular weight excluding hydrogens is 326 g/mol. The van der Waals surface area contributed by atoms with Crippen LogP contribution >= 0.6 is 0 Å². The molecule has 5 nitrogen and oxygen atoms in total. The zero-order chi connectivity index (χ0) is 17.3. The molecule has 1 aromatic carbocycles. The van der Waals surface area contributed by atoms with E-state index in [9.17, 15) is 0 Å². The maximum atomic E-state index is 6.31. The molecule has 3 heterocycles. The van der Waals surface area contributed by atoms with Gasteiger partial charge in [-0.25, -0.2) is 4.98 Å². The van der Waals surface area contributed by atoms with E-state index in [4.69, 9.17) is 14.1 Å². The van der Waals surface area contributed by atoms with Crippen LogP contribution in [0.1, 0.15) is 43.0 Å². The lowest BCUT2D eigenvalue weighted by atomic mass is 10.0. The Hall–Kier alpha value is -2.27. The minimum atomic E-state index is 0.282. The van der Waals surface area contributed by atoms with Crippen LogP contribution in [0.5, 0.6) is 5.75 Å². The monoisotopic (exact) mass is 351 g/mol. The number of fused-ring (bicyclic) bond motifs is 2. The van der Waals surface area contributed by atoms with Crippen LogP contribution < -0.4 is 4.74 Å². The van der Waals surface area contributed by atoms with Gasteiger partial charge in [0.2, 0.25) is 5.89 Å². The Kier molecular flexibility index (Phi) is 4.17. The van der Waals surface area contributed by atoms with Gasteiger partial charge < -0.3 is 14.1 Å². The third-order valence-electron chi connectivity index (χ3n) is 5.63. The Labute approximate surface area is 153 Å². The van der Waals surface area contributed by atoms with Crippen molar-refractivity contribution in [3.8, 4) is 5.75 Å². The standard InChI is InChI=1S/C21H25N3O2/c1-2-6-20-18(4-1)23-21(26-20)14-24-12-9-15(10-13-24)25-19-7-3-5-17-16(19)8-11-22-17/h3,5,7-8,11,15,22H,1-2,4,6,9-10,12-14H2. The number of oxazole rings is 1. The molecule has 1 N–H and O–H groups in total. The summed E-state index contributed by atoms with van der Waals surface area (Å²) in [6.07, 6.45) is 8.96. The van der Waals surface area contributed by atoms with Crippen molar-refractivity contribution in [1.82, 2.24) is 14.9 Å². The van der Waals surface area contributed by atoms with Crippen LogP contribution in [0.3, 0.4) is 0 Å². The fourth-order valence-electron chi connectivity index (χ4n) is 4.19. The molecular formula is C21H25N3O2. The van der Waals surface area contributed by atoms with Crippen LogP contribution in [0.4, 0.5) is 0 Å². The average molecular weight is 351 g/mol. The number of benzene rings is 1. The van der Waals surface area contributed by atoms with Crippen LogP contribution in [0, 0.1) is 0 Å². The number of ether oxygens (including phenoxy) is 1. The summed E-state index contributed by atoms with van der Waals surface area (Å²) in [7, 11) is 0. The van der Waals surface area contributed by atoms with Crippen molar-refractivity contribution in [2.24, 2.45) is 0 Å². The lowest BCUT2D eigenvalue weighted by molar-refractivity contribution is 0.0927. The van der Waals surface area contributed by atoms with Gasteiger partial charge in [0, 0.05) is 36.6 Å². The minimum absolute atomic E-state index is 0.282. The van der Waals surface area contributed by atoms with Gasteiger partial charge in [0.05, 0.1) is 12.2 Å². The SMILES string of the molecule is c1cc(OC2CCN(Cc3nc4c(o3)CCCC4)CC2)c2cc[nH]c2c1. The molecule has 0 unspecified atom stereocenters. The van der Waals surface area contributed by atoms with E-state index in [0.717, 1.165) is 68.2 Å². The molecule has 3 aromatic rings. The molecule has 1 saturated heterocycles. The van der Waals surface area contributed by atoms with E-state index in [-0.39, 0.29) is 6.10 Å². The molecule has 0 amide bonds. The van der Waals surface area contributed by atoms with Crippen molar-refractivity contribution in [3.63, 3.8) is 0 Å². The summed E-state index contributed by atoms with van der Waals surface area (Å²) in [5.41, 5.74) is 2.33. The van der Waals surface area contributed by atoms with Crippen LogP contribution in [0.25, 0.3) is 10.9 Å². The predicted octanol–water partition coefficient (Wildman–Crippen LogP) is 4.08. The zero-order valence-corrected chi connectivity index (χ0v) is 15.0. The Balaban J connectivity index is 1.18. The maximum Gasteiger partial charge on any atom is 0.208 e. The Morgan fingerprint density at radius 3 is 2.92 bits per heavy atom. The highest BCUT2D eigenvalue weighted by Crippen LogP contribution is 2.28. The second-order valence-corrected chi connectivity index (χ2v) is 7.47. The first kappa shape index (κ1) is 15.9. The molecule has 0 atom stereocenters. The van der Waals surface area contributed by atoms with Crippen molar-refractivity contribution in [2.45, 2.75) is 51.2 Å². The summed E-state index contributed by atoms with van der Waals surface area (Å²) < 4.78 is 12.3. The highest BCUT2D eigenvalue weighted by Gasteiger charge is 2.24. The van der Waals surface area contributed by atoms with Crippen molar-refractivity contribution in [3.05, 3.63) is 47.8 Å². The summed E-state index contributed by atoms with van der Waals surface area (Å²) in [4.78, 5) is 10.4. The van der Waals surface area contributed by atoms with Gasteiger partial charge in [0.25, 0.3) is 0 Å². The fourth-order valence-corrected chi connectivity index (χ4v) is 4.19. The number of nitrogens with zero attached hydrogens (tertiary/aromatic N) is 2. The second kappa shape index (κ2) is 6.80. The molecule has 0 bridgehead atoms. The third-order valence-corrected chi connectivity index (χ3v) is 5.63. The van der Waals surface area contributed by atoms with Gasteiger partial charge in [-0.05, 0) is 50.3 Å². The first-order valence-electron chi connectivity index (χ1n) is 9.78. The molecule has 26 heavy (non-hydrogen) atoms. The van der Waals surface area contributed by atoms with Gasteiger partial charge in [-0.1, -0.05) is 6.07 Å². The molecule has 136 valence electrons. The molecule has 5 rings (SSSR count). The number of aromatic amines is 1. The largest absolute Gasteiger partial charge is 0.490 e. The van der Waals surface area contributed by atoms with Gasteiger partial charge in [-0.15, -0.1) is 0 Å². The molecule has 1 fully saturated rings. The number of H-pyrrole nitrogens is 1. The molecule has 0 saturated carbocycles. The lowest BCUT2D eigenvalue weighted by Gasteiger charge is -2.31. The summed E-state index contributed by atoms with van der Waals surface area (Å²) in [5, 5.41) is 1.17. The van der Waals surface area contributed by atoms with Gasteiger partial charge >= 0.3 is 0 Å². The number of piperidine rings is 1. The first-order chi connectivity index (χ1) is 12.8. The van der Waals surface area contributed by atoms with E-state index >= 15 is 0 Å². The van der Waals surface area contributed by atoms with Crippen molar-refractivity contribution in [1.29, 1.82) is 0 Å². The topological polar surface area (TPSA) is 54.3 Å². The van der Waals surface area contributed by atoms with E-state index in [1.165, 1.54) is 23.9 Å². The number of aryl methyl sites for hydroxylation is 2. The summed E-state index contributed by atoms with van der Waals surface area (Å²) in [6.45, 7) is 2.88. The van der Waals surface area contributed by atoms with Gasteiger partial charge in [-0.2, -0.15) is 0 Å². The highest BCUT2D eigenvalue weighted by molar-refractivity contribution is 5.85. The van der Waals surface area contributed by atoms with Gasteiger partial charge in [0.1, 0.15) is 17.6 Å². The molecule has 2 aliphatic rings. The van der Waals surface area contributed by atoms with Crippen molar-refractivity contribution in [2.75, 3.05) is 13.1 Å². The van der Waals surface area contributed by atoms with E-state index in [2.05, 4.69) is 28.1 Å². The van der Waals surface area contributed by atoms with Crippen LogP contribution in [-0.2, 0) is 19.4 Å². The molecule has 5 heteroatoms. The Morgan fingerprint density at radius 1 is 1.15 bits per heavy atom. The van der Waals surface area contributed by atoms with Gasteiger partial charge in [0.15, 0.2) is 0 Å². The summed E-state index contributed by atoms with van der Waals surface area (Å²) in [6, 6.07) is 8.29. The number of hydrogen-bond acceptors (Lipinski definition) is 4. The molecule has 2 aromatic heterocycles. The third kappa shape index (κ3) is 3.12. The van der Waals surface area contributed by atoms with E-state index in [1.807, 2.05) is 12.3 Å². The molecule has 1 aliphatic carbocycles. The fraction of sp³-hybridized carbons (Fsp3) is 0.476. The Bertz CT molecular complexity index is 866. The van der Waals surface area contributed by atoms with E-state index < -0.39 is 0 Å². The Morgan fingerprint density at radius 2 is 2.04 bits per heavy atom. The quantitative estimate of drug-likeness (QED) is 0.769. The first-order valence-corrected chi connectivity index (χ1v) is 9.78. The van der Waals surface area contributed by atoms with Crippen molar-refractivity contribution >= 4 is 10.9 Å². The zero-order valence-electron chi connectivity index (χ0n) is 15.0. The normalized spacial score (nSPS) is 18.9. The number of nitrogens with one attached hydrogen (secondary N) is 1. The van der Waals surface area contributed by atoms with Crippen LogP contribution in [0.2, 0.25) is 0 Å².